The molecule has 2 amide bonds. The van der Waals surface area contributed by atoms with Crippen molar-refractivity contribution in [2.24, 2.45) is 0 Å². The Labute approximate surface area is 183 Å². The number of ether oxygens (including phenoxy) is 1. The maximum absolute atomic E-state index is 13.5. The van der Waals surface area contributed by atoms with Gasteiger partial charge in [-0.05, 0) is 47.9 Å². The van der Waals surface area contributed by atoms with Crippen LogP contribution in [-0.2, 0) is 20.7 Å². The van der Waals surface area contributed by atoms with E-state index in [9.17, 15) is 9.59 Å². The van der Waals surface area contributed by atoms with Crippen LogP contribution >= 0.6 is 11.3 Å². The van der Waals surface area contributed by atoms with Crippen LogP contribution in [0.5, 0.6) is 0 Å². The van der Waals surface area contributed by atoms with E-state index in [4.69, 9.17) is 4.74 Å². The Hall–Kier alpha value is -2.18. The fraction of sp³-hybridized carbons (Fsp3) is 0.500. The average molecular weight is 429 g/mol. The first-order valence-electron chi connectivity index (χ1n) is 10.7. The second-order valence-corrected chi connectivity index (χ2v) is 8.81. The van der Waals surface area contributed by atoms with Crippen molar-refractivity contribution in [3.63, 3.8) is 0 Å². The van der Waals surface area contributed by atoms with Crippen molar-refractivity contribution in [1.29, 1.82) is 0 Å². The number of thiophene rings is 1. The number of unbranched alkanes of at least 4 members (excludes halogenated alkanes) is 1. The molecule has 162 valence electrons. The van der Waals surface area contributed by atoms with E-state index in [-0.39, 0.29) is 24.4 Å². The van der Waals surface area contributed by atoms with Gasteiger partial charge in [0.2, 0.25) is 11.8 Å². The van der Waals surface area contributed by atoms with Gasteiger partial charge in [-0.1, -0.05) is 37.6 Å². The van der Waals surface area contributed by atoms with Gasteiger partial charge in [0.1, 0.15) is 0 Å². The minimum atomic E-state index is -0.0938. The molecular formula is C24H32N2O3S. The van der Waals surface area contributed by atoms with Crippen LogP contribution in [0.3, 0.4) is 0 Å². The number of benzene rings is 1. The molecule has 6 heteroatoms. The Morgan fingerprint density at radius 3 is 2.77 bits per heavy atom. The molecule has 1 aliphatic heterocycles. The van der Waals surface area contributed by atoms with Crippen LogP contribution < -0.4 is 0 Å². The molecule has 1 atom stereocenters. The first-order chi connectivity index (χ1) is 14.6. The summed E-state index contributed by atoms with van der Waals surface area (Å²) in [7, 11) is 1.62. The summed E-state index contributed by atoms with van der Waals surface area (Å²) >= 11 is 1.76. The van der Waals surface area contributed by atoms with E-state index >= 15 is 0 Å². The molecule has 0 spiro atoms. The molecule has 5 nitrogen and oxygen atoms in total. The number of hydrogen-bond donors (Lipinski definition) is 0. The van der Waals surface area contributed by atoms with Crippen LogP contribution in [-0.4, -0.2) is 55.0 Å². The normalized spacial score (nSPS) is 15.7. The molecule has 2 aromatic rings. The maximum Gasteiger partial charge on any atom is 0.242 e. The van der Waals surface area contributed by atoms with Gasteiger partial charge in [-0.3, -0.25) is 9.59 Å². The Morgan fingerprint density at radius 1 is 1.23 bits per heavy atom. The Morgan fingerprint density at radius 2 is 2.03 bits per heavy atom. The zero-order valence-electron chi connectivity index (χ0n) is 18.2. The molecule has 0 aliphatic carbocycles. The van der Waals surface area contributed by atoms with Gasteiger partial charge in [0.15, 0.2) is 0 Å². The van der Waals surface area contributed by atoms with Gasteiger partial charge in [0.25, 0.3) is 0 Å². The number of amides is 2. The molecule has 1 aromatic heterocycles. The van der Waals surface area contributed by atoms with Crippen molar-refractivity contribution in [2.45, 2.75) is 45.6 Å². The SMILES string of the molecule is CCCCC(=O)N(CCOC)CC(=O)N1CCc2sccc2[C@@H]1c1ccccc1C. The minimum absolute atomic E-state index is 0.000976. The summed E-state index contributed by atoms with van der Waals surface area (Å²) in [5.41, 5.74) is 3.55. The quantitative estimate of drug-likeness (QED) is 0.602. The second-order valence-electron chi connectivity index (χ2n) is 7.81. The number of nitrogens with zero attached hydrogens (tertiary/aromatic N) is 2. The van der Waals surface area contributed by atoms with Crippen molar-refractivity contribution in [3.05, 3.63) is 57.3 Å². The molecule has 0 fully saturated rings. The average Bonchev–Trinajstić information content (AvgIpc) is 3.23. The third kappa shape index (κ3) is 5.10. The number of aryl methyl sites for hydroxylation is 1. The zero-order valence-corrected chi connectivity index (χ0v) is 19.0. The van der Waals surface area contributed by atoms with Crippen molar-refractivity contribution in [2.75, 3.05) is 33.4 Å². The standard InChI is InChI=1S/C24H32N2O3S/c1-4-5-10-22(27)25(14-15-29-3)17-23(28)26-13-11-21-20(12-16-30-21)24(26)19-9-7-6-8-18(19)2/h6-9,12,16,24H,4-5,10-11,13-15,17H2,1-3H3/t24-/m0/s1. The summed E-state index contributed by atoms with van der Waals surface area (Å²) in [4.78, 5) is 31.1. The summed E-state index contributed by atoms with van der Waals surface area (Å²) < 4.78 is 5.18. The van der Waals surface area contributed by atoms with Gasteiger partial charge < -0.3 is 14.5 Å². The van der Waals surface area contributed by atoms with Gasteiger partial charge in [-0.2, -0.15) is 0 Å². The first kappa shape index (κ1) is 22.5. The van der Waals surface area contributed by atoms with Crippen LogP contribution in [0.2, 0.25) is 0 Å². The lowest BCUT2D eigenvalue weighted by atomic mass is 9.90. The Balaban J connectivity index is 1.85. The second kappa shape index (κ2) is 10.7. The highest BCUT2D eigenvalue weighted by molar-refractivity contribution is 7.10. The lowest BCUT2D eigenvalue weighted by molar-refractivity contribution is -0.142. The Bertz CT molecular complexity index is 864. The number of methoxy groups -OCH3 is 1. The van der Waals surface area contributed by atoms with E-state index in [1.54, 1.807) is 23.3 Å². The van der Waals surface area contributed by atoms with E-state index in [1.165, 1.54) is 16.0 Å². The van der Waals surface area contributed by atoms with Crippen LogP contribution in [0.15, 0.2) is 35.7 Å². The number of rotatable bonds is 9. The van der Waals surface area contributed by atoms with Crippen LogP contribution in [0.25, 0.3) is 0 Å². The summed E-state index contributed by atoms with van der Waals surface area (Å²) in [5, 5.41) is 2.11. The number of fused-ring (bicyclic) bond motifs is 1. The lowest BCUT2D eigenvalue weighted by Crippen LogP contribution is -2.47. The summed E-state index contributed by atoms with van der Waals surface area (Å²) in [6.07, 6.45) is 3.14. The number of hydrogen-bond acceptors (Lipinski definition) is 4. The molecule has 0 bridgehead atoms. The smallest absolute Gasteiger partial charge is 0.242 e. The molecule has 1 aliphatic rings. The molecule has 0 N–H and O–H groups in total. The topological polar surface area (TPSA) is 49.9 Å². The van der Waals surface area contributed by atoms with Crippen LogP contribution in [0.4, 0.5) is 0 Å². The molecule has 0 saturated heterocycles. The lowest BCUT2D eigenvalue weighted by Gasteiger charge is -2.38. The van der Waals surface area contributed by atoms with Crippen LogP contribution in [0, 0.1) is 6.92 Å². The van der Waals surface area contributed by atoms with E-state index < -0.39 is 0 Å². The Kier molecular flexibility index (Phi) is 8.05. The van der Waals surface area contributed by atoms with Gasteiger partial charge >= 0.3 is 0 Å². The predicted octanol–water partition coefficient (Wildman–Crippen LogP) is 4.20. The predicted molar refractivity (Wildman–Crippen MR) is 121 cm³/mol. The van der Waals surface area contributed by atoms with Crippen molar-refractivity contribution in [1.82, 2.24) is 9.80 Å². The first-order valence-corrected chi connectivity index (χ1v) is 11.6. The van der Waals surface area contributed by atoms with Gasteiger partial charge in [0, 0.05) is 31.5 Å². The van der Waals surface area contributed by atoms with E-state index in [1.807, 2.05) is 17.0 Å². The molecular weight excluding hydrogens is 396 g/mol. The molecule has 0 radical (unpaired) electrons. The fourth-order valence-electron chi connectivity index (χ4n) is 4.05. The summed E-state index contributed by atoms with van der Waals surface area (Å²) in [6, 6.07) is 10.3. The zero-order chi connectivity index (χ0) is 21.5. The molecule has 1 aromatic carbocycles. The summed E-state index contributed by atoms with van der Waals surface area (Å²) in [6.45, 7) is 5.81. The summed E-state index contributed by atoms with van der Waals surface area (Å²) in [5.74, 6) is 0.0315. The molecule has 0 saturated carbocycles. The fourth-order valence-corrected chi connectivity index (χ4v) is 4.95. The third-order valence-corrected chi connectivity index (χ3v) is 6.75. The van der Waals surface area contributed by atoms with Crippen molar-refractivity contribution in [3.8, 4) is 0 Å². The van der Waals surface area contributed by atoms with Crippen molar-refractivity contribution >= 4 is 23.2 Å². The number of carbonyl (C=O) groups is 2. The van der Waals surface area contributed by atoms with E-state index in [0.29, 0.717) is 26.1 Å². The van der Waals surface area contributed by atoms with E-state index in [0.717, 1.165) is 24.8 Å². The molecule has 30 heavy (non-hydrogen) atoms. The monoisotopic (exact) mass is 428 g/mol. The maximum atomic E-state index is 13.5. The molecule has 3 rings (SSSR count). The molecule has 2 heterocycles. The highest BCUT2D eigenvalue weighted by atomic mass is 32.1. The van der Waals surface area contributed by atoms with Gasteiger partial charge in [-0.25, -0.2) is 0 Å². The van der Waals surface area contributed by atoms with Crippen molar-refractivity contribution < 1.29 is 14.3 Å². The van der Waals surface area contributed by atoms with Gasteiger partial charge in [0.05, 0.1) is 19.2 Å². The highest BCUT2D eigenvalue weighted by Gasteiger charge is 2.34. The largest absolute Gasteiger partial charge is 0.383 e. The minimum Gasteiger partial charge on any atom is -0.383 e. The van der Waals surface area contributed by atoms with E-state index in [2.05, 4.69) is 37.4 Å². The third-order valence-electron chi connectivity index (χ3n) is 5.76. The van der Waals surface area contributed by atoms with Gasteiger partial charge in [-0.15, -0.1) is 11.3 Å². The molecule has 0 unspecified atom stereocenters. The number of carbonyl (C=O) groups excluding carboxylic acids is 2. The highest BCUT2D eigenvalue weighted by Crippen LogP contribution is 2.38. The van der Waals surface area contributed by atoms with Crippen LogP contribution in [0.1, 0.15) is 53.8 Å².